The minimum Gasteiger partial charge on any atom is -0.396 e. The van der Waals surface area contributed by atoms with Gasteiger partial charge in [-0.15, -0.1) is 0 Å². The van der Waals surface area contributed by atoms with Crippen molar-refractivity contribution in [2.75, 3.05) is 64.8 Å². The van der Waals surface area contributed by atoms with E-state index in [1.54, 1.807) is 6.20 Å². The van der Waals surface area contributed by atoms with Crippen molar-refractivity contribution in [1.82, 2.24) is 39.8 Å². The second-order valence-electron chi connectivity index (χ2n) is 12.9. The SMILES string of the molecule is COC1C(OP(=O)(O)OCCCO)[C@@H](COP(=O)(O)OC(C)[C@H](CNCc2c[nH]c3c(N)ncnc23)COP(=O)(O)OCCCO)O[C@H]1n1cnc2c(=O)[nH]c(N)nc21. The fourth-order valence-corrected chi connectivity index (χ4v) is 8.65. The van der Waals surface area contributed by atoms with Crippen LogP contribution < -0.4 is 22.3 Å². The predicted octanol–water partition coefficient (Wildman–Crippen LogP) is -0.204. The molecule has 0 aromatic carbocycles. The van der Waals surface area contributed by atoms with Crippen LogP contribution >= 0.6 is 23.5 Å². The number of phosphoric acid groups is 3. The Morgan fingerprint density at radius 3 is 2.37 bits per heavy atom. The van der Waals surface area contributed by atoms with Gasteiger partial charge in [-0.05, 0) is 19.8 Å². The monoisotopic (exact) mass is 900 g/mol. The van der Waals surface area contributed by atoms with E-state index in [0.29, 0.717) is 16.6 Å². The van der Waals surface area contributed by atoms with E-state index >= 15 is 0 Å². The van der Waals surface area contributed by atoms with Gasteiger partial charge in [-0.2, -0.15) is 4.98 Å². The Kier molecular flexibility index (Phi) is 16.3. The zero-order chi connectivity index (χ0) is 43.0. The summed E-state index contributed by atoms with van der Waals surface area (Å²) < 4.78 is 83.1. The molecule has 5 heterocycles. The van der Waals surface area contributed by atoms with Crippen molar-refractivity contribution >= 4 is 57.4 Å². The summed E-state index contributed by atoms with van der Waals surface area (Å²) in [6.07, 6.45) is -2.73. The molecule has 27 nitrogen and oxygen atoms in total. The number of nitrogens with zero attached hydrogens (tertiary/aromatic N) is 5. The Bertz CT molecular complexity index is 2210. The van der Waals surface area contributed by atoms with Gasteiger partial charge in [0.25, 0.3) is 5.56 Å². The number of H-pyrrole nitrogens is 2. The molecule has 0 bridgehead atoms. The summed E-state index contributed by atoms with van der Waals surface area (Å²) in [6, 6.07) is 0. The molecule has 0 saturated carbocycles. The summed E-state index contributed by atoms with van der Waals surface area (Å²) >= 11 is 0. The summed E-state index contributed by atoms with van der Waals surface area (Å²) in [6.45, 7) is -1.17. The highest BCUT2D eigenvalue weighted by Gasteiger charge is 2.51. The first kappa shape index (κ1) is 46.8. The van der Waals surface area contributed by atoms with E-state index in [9.17, 15) is 33.2 Å². The zero-order valence-corrected chi connectivity index (χ0v) is 34.3. The molecule has 4 aromatic rings. The quantitative estimate of drug-likeness (QED) is 0.0304. The van der Waals surface area contributed by atoms with Gasteiger partial charge in [-0.1, -0.05) is 0 Å². The first-order chi connectivity index (χ1) is 28.0. The fraction of sp³-hybridized carbons (Fsp3) is 0.621. The molecule has 30 heteroatoms. The average molecular weight is 901 g/mol. The van der Waals surface area contributed by atoms with Gasteiger partial charge in [0.1, 0.15) is 30.2 Å². The molecule has 0 spiro atoms. The van der Waals surface area contributed by atoms with Crippen LogP contribution in [0.25, 0.3) is 22.2 Å². The van der Waals surface area contributed by atoms with Crippen LogP contribution in [0.5, 0.6) is 0 Å². The molecule has 1 fully saturated rings. The number of nitrogens with one attached hydrogen (secondary N) is 3. The van der Waals surface area contributed by atoms with Crippen LogP contribution in [0.2, 0.25) is 0 Å². The highest BCUT2D eigenvalue weighted by molar-refractivity contribution is 7.48. The van der Waals surface area contributed by atoms with Crippen molar-refractivity contribution in [2.24, 2.45) is 5.92 Å². The number of ether oxygens (including phenoxy) is 2. The topological polar surface area (TPSA) is 395 Å². The van der Waals surface area contributed by atoms with Gasteiger partial charge < -0.3 is 56.1 Å². The van der Waals surface area contributed by atoms with Gasteiger partial charge in [-0.3, -0.25) is 41.5 Å². The van der Waals surface area contributed by atoms with Gasteiger partial charge >= 0.3 is 23.5 Å². The number of aliphatic hydroxyl groups is 2. The van der Waals surface area contributed by atoms with Gasteiger partial charge in [-0.25, -0.2) is 28.6 Å². The molecule has 6 unspecified atom stereocenters. The Labute approximate surface area is 334 Å². The lowest BCUT2D eigenvalue weighted by Crippen LogP contribution is -2.37. The maximum absolute atomic E-state index is 13.5. The zero-order valence-electron chi connectivity index (χ0n) is 31.6. The number of methoxy groups -OCH3 is 1. The molecule has 1 saturated heterocycles. The average Bonchev–Trinajstić information content (AvgIpc) is 3.87. The fourth-order valence-electron chi connectivity index (χ4n) is 5.87. The predicted molar refractivity (Wildman–Crippen MR) is 203 cm³/mol. The number of aromatic amines is 2. The van der Waals surface area contributed by atoms with Gasteiger partial charge in [0, 0.05) is 51.1 Å². The van der Waals surface area contributed by atoms with Crippen molar-refractivity contribution in [3.05, 3.63) is 34.8 Å². The van der Waals surface area contributed by atoms with Gasteiger partial charge in [0.15, 0.2) is 23.2 Å². The third-order valence-electron chi connectivity index (χ3n) is 8.76. The van der Waals surface area contributed by atoms with Crippen molar-refractivity contribution in [1.29, 1.82) is 0 Å². The van der Waals surface area contributed by atoms with E-state index in [1.807, 2.05) is 0 Å². The minimum absolute atomic E-state index is 0.00888. The van der Waals surface area contributed by atoms with Crippen LogP contribution in [0.3, 0.4) is 0 Å². The van der Waals surface area contributed by atoms with E-state index < -0.39 is 78.8 Å². The van der Waals surface area contributed by atoms with E-state index in [4.69, 9.17) is 58.3 Å². The number of rotatable bonds is 25. The Morgan fingerprint density at radius 2 is 1.68 bits per heavy atom. The summed E-state index contributed by atoms with van der Waals surface area (Å²) in [5.41, 5.74) is 12.5. The number of fused-ring (bicyclic) bond motifs is 2. The van der Waals surface area contributed by atoms with Crippen LogP contribution in [-0.2, 0) is 56.9 Å². The molecule has 1 aliphatic heterocycles. The van der Waals surface area contributed by atoms with Crippen molar-refractivity contribution in [3.8, 4) is 0 Å². The smallest absolute Gasteiger partial charge is 0.396 e. The van der Waals surface area contributed by atoms with Crippen LogP contribution in [0, 0.1) is 5.92 Å². The van der Waals surface area contributed by atoms with Crippen LogP contribution in [0.15, 0.2) is 23.6 Å². The molecule has 9 atom stereocenters. The normalized spacial score (nSPS) is 22.6. The first-order valence-electron chi connectivity index (χ1n) is 17.8. The standard InChI is InChI=1S/C29H47N10O17P3/c1-16(18(12-52-57(43,44)50-7-3-5-40)10-32-9-17-11-33-21-20(17)34-14-35-25(21)30)55-59(47,48)53-13-19-23(56-58(45,46)51-8-4-6-41)24(49-2)28(54-19)39-15-36-22-26(39)37-29(31)38-27(22)42/h11,14-16,18-19,23-24,28,32-33,40-41H,3-10,12-13H2,1-2H3,(H,43,44)(H,45,46)(H,47,48)(H2,30,34,35)(H3,31,37,38,42)/t16?,18-,19-,23?,24?,28-/m1/s1. The highest BCUT2D eigenvalue weighted by Crippen LogP contribution is 2.51. The first-order valence-corrected chi connectivity index (χ1v) is 22.3. The number of hydrogen-bond donors (Lipinski definition) is 10. The van der Waals surface area contributed by atoms with E-state index in [0.717, 1.165) is 0 Å². The van der Waals surface area contributed by atoms with Crippen LogP contribution in [0.1, 0.15) is 31.6 Å². The van der Waals surface area contributed by atoms with Crippen LogP contribution in [-0.4, -0.2) is 137 Å². The number of nitrogens with two attached hydrogens (primary N) is 2. The largest absolute Gasteiger partial charge is 0.472 e. The molecule has 4 aromatic heterocycles. The number of imidazole rings is 1. The summed E-state index contributed by atoms with van der Waals surface area (Å²) in [7, 11) is -13.4. The molecule has 59 heavy (non-hydrogen) atoms. The van der Waals surface area contributed by atoms with Gasteiger partial charge in [0.05, 0.1) is 44.4 Å². The lowest BCUT2D eigenvalue weighted by molar-refractivity contribution is -0.0596. The Balaban J connectivity index is 1.32. The number of nitrogen functional groups attached to an aromatic ring is 2. The van der Waals surface area contributed by atoms with E-state index in [-0.39, 0.29) is 75.3 Å². The molecule has 0 amide bonds. The third kappa shape index (κ3) is 12.4. The molecular weight excluding hydrogens is 853 g/mol. The third-order valence-corrected chi connectivity index (χ3v) is 11.8. The maximum Gasteiger partial charge on any atom is 0.472 e. The maximum atomic E-state index is 13.5. The van der Waals surface area contributed by atoms with Crippen molar-refractivity contribution in [2.45, 2.75) is 57.0 Å². The highest BCUT2D eigenvalue weighted by atomic mass is 31.2. The lowest BCUT2D eigenvalue weighted by Gasteiger charge is -2.27. The molecule has 0 radical (unpaired) electrons. The summed E-state index contributed by atoms with van der Waals surface area (Å²) in [5.74, 6) is -0.963. The second kappa shape index (κ2) is 20.5. The molecular formula is C29H47N10O17P3. The number of hydrogen-bond acceptors (Lipinski definition) is 21. The lowest BCUT2D eigenvalue weighted by atomic mass is 10.1. The minimum atomic E-state index is -5.09. The van der Waals surface area contributed by atoms with E-state index in [1.165, 1.54) is 31.3 Å². The Hall–Kier alpha value is -3.30. The molecule has 5 rings (SSSR count). The molecule has 0 aliphatic carbocycles. The second-order valence-corrected chi connectivity index (χ2v) is 17.2. The Morgan fingerprint density at radius 1 is 0.966 bits per heavy atom. The summed E-state index contributed by atoms with van der Waals surface area (Å²) in [5, 5.41) is 21.2. The molecule has 12 N–H and O–H groups in total. The number of anilines is 2. The van der Waals surface area contributed by atoms with Crippen molar-refractivity contribution < 1.29 is 75.2 Å². The van der Waals surface area contributed by atoms with Gasteiger partial charge in [0.2, 0.25) is 5.95 Å². The molecule has 330 valence electrons. The number of aliphatic hydroxyl groups excluding tert-OH is 2. The summed E-state index contributed by atoms with van der Waals surface area (Å²) in [4.78, 5) is 65.7. The van der Waals surface area contributed by atoms with Crippen molar-refractivity contribution in [3.63, 3.8) is 0 Å². The molecule has 1 aliphatic rings. The van der Waals surface area contributed by atoms with Crippen LogP contribution in [0.4, 0.5) is 11.8 Å². The van der Waals surface area contributed by atoms with E-state index in [2.05, 4.69) is 35.2 Å². The number of aromatic nitrogens is 7. The number of phosphoric ester groups is 3.